The van der Waals surface area contributed by atoms with Crippen molar-refractivity contribution in [2.45, 2.75) is 38.8 Å². The molecule has 0 aliphatic heterocycles. The zero-order chi connectivity index (χ0) is 15.8. The summed E-state index contributed by atoms with van der Waals surface area (Å²) in [5, 5.41) is 5.42. The molecule has 0 aromatic heterocycles. The van der Waals surface area contributed by atoms with Crippen LogP contribution in [0.15, 0.2) is 24.3 Å². The van der Waals surface area contributed by atoms with Crippen LogP contribution in [0.4, 0.5) is 4.79 Å². The van der Waals surface area contributed by atoms with E-state index in [1.807, 2.05) is 38.1 Å². The third-order valence-corrected chi connectivity index (χ3v) is 3.19. The topological polar surface area (TPSA) is 110 Å². The summed E-state index contributed by atoms with van der Waals surface area (Å²) in [4.78, 5) is 23.1. The van der Waals surface area contributed by atoms with Crippen LogP contribution in [0, 0.1) is 6.92 Å². The molecule has 6 N–H and O–H groups in total. The van der Waals surface area contributed by atoms with Gasteiger partial charge in [-0.2, -0.15) is 0 Å². The van der Waals surface area contributed by atoms with Crippen LogP contribution in [-0.2, 0) is 4.79 Å². The standard InChI is InChI=1S/C15H24N4O2.ClH/c1-10-5-3-4-6-12(10)13(19-15(17)21)9-14(20)18-8-7-11(2)16;/h3-6,11,13H,7-9,16H2,1-2H3,(H,18,20)(H3,17,19,21);1H. The van der Waals surface area contributed by atoms with Gasteiger partial charge in [-0.1, -0.05) is 24.3 Å². The summed E-state index contributed by atoms with van der Waals surface area (Å²) in [6.07, 6.45) is 0.858. The van der Waals surface area contributed by atoms with Crippen LogP contribution in [0.2, 0.25) is 0 Å². The quantitative estimate of drug-likeness (QED) is 0.606. The number of carbonyl (C=O) groups is 2. The van der Waals surface area contributed by atoms with E-state index in [2.05, 4.69) is 10.6 Å². The van der Waals surface area contributed by atoms with Crippen LogP contribution >= 0.6 is 12.4 Å². The van der Waals surface area contributed by atoms with E-state index in [0.29, 0.717) is 13.0 Å². The highest BCUT2D eigenvalue weighted by Crippen LogP contribution is 2.20. The summed E-state index contributed by atoms with van der Waals surface area (Å²) in [6, 6.07) is 6.55. The molecule has 2 atom stereocenters. The highest BCUT2D eigenvalue weighted by atomic mass is 35.5. The number of aryl methyl sites for hydroxylation is 1. The maximum absolute atomic E-state index is 12.0. The maximum atomic E-state index is 12.0. The van der Waals surface area contributed by atoms with Gasteiger partial charge >= 0.3 is 6.03 Å². The number of hydrogen-bond donors (Lipinski definition) is 4. The molecule has 22 heavy (non-hydrogen) atoms. The van der Waals surface area contributed by atoms with Gasteiger partial charge < -0.3 is 22.1 Å². The van der Waals surface area contributed by atoms with Gasteiger partial charge in [-0.25, -0.2) is 4.79 Å². The van der Waals surface area contributed by atoms with E-state index in [9.17, 15) is 9.59 Å². The van der Waals surface area contributed by atoms with Crippen molar-refractivity contribution in [1.29, 1.82) is 0 Å². The normalized spacial score (nSPS) is 12.7. The number of nitrogens with one attached hydrogen (secondary N) is 2. The van der Waals surface area contributed by atoms with Gasteiger partial charge in [0.05, 0.1) is 12.5 Å². The fourth-order valence-corrected chi connectivity index (χ4v) is 2.09. The summed E-state index contributed by atoms with van der Waals surface area (Å²) in [6.45, 7) is 4.34. The highest BCUT2D eigenvalue weighted by molar-refractivity contribution is 5.85. The molecule has 1 aromatic carbocycles. The molecule has 0 aliphatic rings. The molecule has 1 rings (SSSR count). The van der Waals surface area contributed by atoms with Gasteiger partial charge in [0, 0.05) is 12.6 Å². The molecule has 0 bridgehead atoms. The Morgan fingerprint density at radius 3 is 2.45 bits per heavy atom. The minimum atomic E-state index is -0.647. The molecule has 6 nitrogen and oxygen atoms in total. The lowest BCUT2D eigenvalue weighted by Gasteiger charge is -2.19. The summed E-state index contributed by atoms with van der Waals surface area (Å²) >= 11 is 0. The van der Waals surface area contributed by atoms with E-state index in [1.165, 1.54) is 0 Å². The van der Waals surface area contributed by atoms with E-state index in [1.54, 1.807) is 0 Å². The fraction of sp³-hybridized carbons (Fsp3) is 0.467. The van der Waals surface area contributed by atoms with Crippen molar-refractivity contribution in [3.8, 4) is 0 Å². The molecule has 0 heterocycles. The van der Waals surface area contributed by atoms with Gasteiger partial charge in [-0.15, -0.1) is 12.4 Å². The zero-order valence-electron chi connectivity index (χ0n) is 13.0. The maximum Gasteiger partial charge on any atom is 0.312 e. The summed E-state index contributed by atoms with van der Waals surface area (Å²) < 4.78 is 0. The molecule has 2 unspecified atom stereocenters. The minimum Gasteiger partial charge on any atom is -0.356 e. The molecule has 1 aromatic rings. The molecule has 0 saturated carbocycles. The average Bonchev–Trinajstić information content (AvgIpc) is 2.37. The molecule has 0 fully saturated rings. The lowest BCUT2D eigenvalue weighted by molar-refractivity contribution is -0.121. The Kier molecular flexibility index (Phi) is 9.21. The van der Waals surface area contributed by atoms with Crippen molar-refractivity contribution in [3.05, 3.63) is 35.4 Å². The van der Waals surface area contributed by atoms with Gasteiger partial charge in [0.1, 0.15) is 0 Å². The Morgan fingerprint density at radius 1 is 1.27 bits per heavy atom. The van der Waals surface area contributed by atoms with Crippen LogP contribution in [0.3, 0.4) is 0 Å². The lowest BCUT2D eigenvalue weighted by Crippen LogP contribution is -2.37. The molecule has 0 aliphatic carbocycles. The number of nitrogens with two attached hydrogens (primary N) is 2. The second kappa shape index (κ2) is 10.0. The van der Waals surface area contributed by atoms with Crippen LogP contribution < -0.4 is 22.1 Å². The minimum absolute atomic E-state index is 0. The summed E-state index contributed by atoms with van der Waals surface area (Å²) in [5.74, 6) is -0.141. The van der Waals surface area contributed by atoms with E-state index in [0.717, 1.165) is 11.1 Å². The number of benzene rings is 1. The smallest absolute Gasteiger partial charge is 0.312 e. The van der Waals surface area contributed by atoms with Crippen molar-refractivity contribution in [3.63, 3.8) is 0 Å². The third kappa shape index (κ3) is 7.28. The highest BCUT2D eigenvalue weighted by Gasteiger charge is 2.18. The van der Waals surface area contributed by atoms with Crippen LogP contribution in [0.5, 0.6) is 0 Å². The number of primary amides is 1. The van der Waals surface area contributed by atoms with Crippen LogP contribution in [-0.4, -0.2) is 24.5 Å². The fourth-order valence-electron chi connectivity index (χ4n) is 2.09. The Bertz CT molecular complexity index is 494. The second-order valence-electron chi connectivity index (χ2n) is 5.24. The van der Waals surface area contributed by atoms with Crippen molar-refractivity contribution in [2.75, 3.05) is 6.54 Å². The molecule has 0 spiro atoms. The molecule has 7 heteroatoms. The second-order valence-corrected chi connectivity index (χ2v) is 5.24. The van der Waals surface area contributed by atoms with E-state index >= 15 is 0 Å². The first-order valence-corrected chi connectivity index (χ1v) is 7.04. The number of halogens is 1. The number of rotatable bonds is 7. The average molecular weight is 329 g/mol. The zero-order valence-corrected chi connectivity index (χ0v) is 13.8. The number of carbonyl (C=O) groups excluding carboxylic acids is 2. The largest absolute Gasteiger partial charge is 0.356 e. The van der Waals surface area contributed by atoms with Crippen molar-refractivity contribution in [2.24, 2.45) is 11.5 Å². The van der Waals surface area contributed by atoms with Crippen LogP contribution in [0.25, 0.3) is 0 Å². The molecule has 124 valence electrons. The first-order valence-electron chi connectivity index (χ1n) is 7.04. The summed E-state index contributed by atoms with van der Waals surface area (Å²) in [7, 11) is 0. The van der Waals surface area contributed by atoms with E-state index in [4.69, 9.17) is 11.5 Å². The Morgan fingerprint density at radius 2 is 1.91 bits per heavy atom. The van der Waals surface area contributed by atoms with Crippen molar-refractivity contribution >= 4 is 24.3 Å². The summed E-state index contributed by atoms with van der Waals surface area (Å²) in [5.41, 5.74) is 12.7. The van der Waals surface area contributed by atoms with Gasteiger partial charge in [0.15, 0.2) is 0 Å². The number of urea groups is 1. The van der Waals surface area contributed by atoms with Gasteiger partial charge in [-0.3, -0.25) is 4.79 Å². The monoisotopic (exact) mass is 328 g/mol. The first-order chi connectivity index (χ1) is 9.90. The molecular formula is C15H25ClN4O2. The Hall–Kier alpha value is -1.79. The van der Waals surface area contributed by atoms with E-state index < -0.39 is 12.1 Å². The number of amides is 3. The Balaban J connectivity index is 0.00000441. The molecule has 3 amide bonds. The van der Waals surface area contributed by atoms with Crippen molar-refractivity contribution < 1.29 is 9.59 Å². The molecular weight excluding hydrogens is 304 g/mol. The predicted molar refractivity (Wildman–Crippen MR) is 89.8 cm³/mol. The van der Waals surface area contributed by atoms with Gasteiger partial charge in [0.25, 0.3) is 0 Å². The van der Waals surface area contributed by atoms with Gasteiger partial charge in [-0.05, 0) is 31.4 Å². The van der Waals surface area contributed by atoms with Crippen LogP contribution in [0.1, 0.15) is 36.9 Å². The SMILES string of the molecule is Cc1ccccc1C(CC(=O)NCCC(C)N)NC(N)=O.Cl. The Labute approximate surface area is 137 Å². The molecule has 0 saturated heterocycles. The van der Waals surface area contributed by atoms with Gasteiger partial charge in [0.2, 0.25) is 5.91 Å². The first kappa shape index (κ1) is 20.2. The number of hydrogen-bond acceptors (Lipinski definition) is 3. The third-order valence-electron chi connectivity index (χ3n) is 3.19. The van der Waals surface area contributed by atoms with E-state index in [-0.39, 0.29) is 30.8 Å². The lowest BCUT2D eigenvalue weighted by atomic mass is 9.98. The predicted octanol–water partition coefficient (Wildman–Crippen LogP) is 1.37. The van der Waals surface area contributed by atoms with Crippen molar-refractivity contribution in [1.82, 2.24) is 10.6 Å². The molecule has 0 radical (unpaired) electrons.